The van der Waals surface area contributed by atoms with E-state index in [2.05, 4.69) is 16.3 Å². The minimum atomic E-state index is 0.117. The van der Waals surface area contributed by atoms with Gasteiger partial charge in [-0.2, -0.15) is 5.26 Å². The quantitative estimate of drug-likeness (QED) is 0.750. The van der Waals surface area contributed by atoms with Crippen molar-refractivity contribution >= 4 is 5.91 Å². The van der Waals surface area contributed by atoms with Crippen molar-refractivity contribution in [1.82, 2.24) is 10.2 Å². The van der Waals surface area contributed by atoms with Gasteiger partial charge >= 0.3 is 0 Å². The summed E-state index contributed by atoms with van der Waals surface area (Å²) in [5.41, 5.74) is 0. The molecule has 2 heterocycles. The standard InChI is InChI=1S/C14H23N3O2/c15-5-8-17-6-3-12(4-7-17)11-16-14(18)10-13-2-1-9-19-13/h12-13H,1-4,6-11H2,(H,16,18)/t13-/m0/s1. The van der Waals surface area contributed by atoms with Crippen LogP contribution in [0.15, 0.2) is 0 Å². The fourth-order valence-corrected chi connectivity index (χ4v) is 2.79. The van der Waals surface area contributed by atoms with Crippen molar-refractivity contribution in [3.8, 4) is 6.07 Å². The number of rotatable bonds is 5. The lowest BCUT2D eigenvalue weighted by molar-refractivity contribution is -0.123. The highest BCUT2D eigenvalue weighted by atomic mass is 16.5. The molecule has 5 heteroatoms. The second-order valence-electron chi connectivity index (χ2n) is 5.52. The number of nitrogens with zero attached hydrogens (tertiary/aromatic N) is 2. The number of carbonyl (C=O) groups excluding carboxylic acids is 1. The average Bonchev–Trinajstić information content (AvgIpc) is 2.91. The molecule has 0 aromatic carbocycles. The molecule has 19 heavy (non-hydrogen) atoms. The summed E-state index contributed by atoms with van der Waals surface area (Å²) in [5, 5.41) is 11.7. The third kappa shape index (κ3) is 4.81. The van der Waals surface area contributed by atoms with Gasteiger partial charge in [0, 0.05) is 13.2 Å². The van der Waals surface area contributed by atoms with Gasteiger partial charge in [-0.15, -0.1) is 0 Å². The lowest BCUT2D eigenvalue weighted by atomic mass is 9.97. The fourth-order valence-electron chi connectivity index (χ4n) is 2.79. The zero-order valence-electron chi connectivity index (χ0n) is 11.4. The zero-order valence-corrected chi connectivity index (χ0v) is 11.4. The smallest absolute Gasteiger partial charge is 0.222 e. The maximum atomic E-state index is 11.8. The number of nitrogens with one attached hydrogen (secondary N) is 1. The molecular formula is C14H23N3O2. The van der Waals surface area contributed by atoms with Crippen LogP contribution in [0.2, 0.25) is 0 Å². The van der Waals surface area contributed by atoms with Gasteiger partial charge in [0.25, 0.3) is 0 Å². The summed E-state index contributed by atoms with van der Waals surface area (Å²) in [7, 11) is 0. The van der Waals surface area contributed by atoms with Crippen LogP contribution in [0.5, 0.6) is 0 Å². The maximum absolute atomic E-state index is 11.8. The van der Waals surface area contributed by atoms with E-state index in [1.807, 2.05) is 0 Å². The van der Waals surface area contributed by atoms with Gasteiger partial charge in [0.1, 0.15) is 0 Å². The number of piperidine rings is 1. The van der Waals surface area contributed by atoms with Gasteiger partial charge in [-0.25, -0.2) is 0 Å². The fraction of sp³-hybridized carbons (Fsp3) is 0.857. The van der Waals surface area contributed by atoms with E-state index in [1.165, 1.54) is 0 Å². The molecule has 2 aliphatic heterocycles. The molecule has 0 spiro atoms. The van der Waals surface area contributed by atoms with Crippen LogP contribution < -0.4 is 5.32 Å². The summed E-state index contributed by atoms with van der Waals surface area (Å²) in [4.78, 5) is 13.9. The van der Waals surface area contributed by atoms with Gasteiger partial charge in [-0.3, -0.25) is 9.69 Å². The van der Waals surface area contributed by atoms with Crippen molar-refractivity contribution in [2.45, 2.75) is 38.2 Å². The molecule has 5 nitrogen and oxygen atoms in total. The van der Waals surface area contributed by atoms with Crippen molar-refractivity contribution in [3.63, 3.8) is 0 Å². The van der Waals surface area contributed by atoms with E-state index in [0.717, 1.165) is 51.9 Å². The normalized spacial score (nSPS) is 25.1. The Kier molecular flexibility index (Phi) is 5.62. The van der Waals surface area contributed by atoms with Gasteiger partial charge in [-0.1, -0.05) is 0 Å². The van der Waals surface area contributed by atoms with Gasteiger partial charge < -0.3 is 10.1 Å². The average molecular weight is 265 g/mol. The molecule has 2 rings (SSSR count). The third-order valence-electron chi connectivity index (χ3n) is 4.03. The van der Waals surface area contributed by atoms with Gasteiger partial charge in [0.05, 0.1) is 25.1 Å². The van der Waals surface area contributed by atoms with Crippen LogP contribution in [0.1, 0.15) is 32.1 Å². The first-order valence-corrected chi connectivity index (χ1v) is 7.25. The Bertz CT molecular complexity index is 326. The van der Waals surface area contributed by atoms with E-state index < -0.39 is 0 Å². The Morgan fingerprint density at radius 2 is 2.16 bits per heavy atom. The molecule has 2 fully saturated rings. The first-order chi connectivity index (χ1) is 9.28. The SMILES string of the molecule is N#CCN1CCC(CNC(=O)C[C@@H]2CCCO2)CC1. The molecule has 106 valence electrons. The van der Waals surface area contributed by atoms with Crippen LogP contribution in [0.3, 0.4) is 0 Å². The predicted molar refractivity (Wildman–Crippen MR) is 71.4 cm³/mol. The Morgan fingerprint density at radius 1 is 1.37 bits per heavy atom. The minimum Gasteiger partial charge on any atom is -0.378 e. The maximum Gasteiger partial charge on any atom is 0.222 e. The number of nitriles is 1. The summed E-state index contributed by atoms with van der Waals surface area (Å²) in [5.74, 6) is 0.676. The van der Waals surface area contributed by atoms with Crippen molar-refractivity contribution < 1.29 is 9.53 Å². The summed E-state index contributed by atoms with van der Waals surface area (Å²) in [6, 6.07) is 2.19. The zero-order chi connectivity index (χ0) is 13.5. The number of ether oxygens (including phenoxy) is 1. The lowest BCUT2D eigenvalue weighted by Crippen LogP contribution is -2.39. The topological polar surface area (TPSA) is 65.4 Å². The number of carbonyl (C=O) groups is 1. The van der Waals surface area contributed by atoms with E-state index in [0.29, 0.717) is 18.9 Å². The first kappa shape index (κ1) is 14.3. The molecule has 0 radical (unpaired) electrons. The molecule has 1 N–H and O–H groups in total. The second-order valence-corrected chi connectivity index (χ2v) is 5.52. The van der Waals surface area contributed by atoms with Crippen LogP contribution in [0.25, 0.3) is 0 Å². The molecule has 2 saturated heterocycles. The molecule has 0 aliphatic carbocycles. The van der Waals surface area contributed by atoms with E-state index in [9.17, 15) is 4.79 Å². The monoisotopic (exact) mass is 265 g/mol. The lowest BCUT2D eigenvalue weighted by Gasteiger charge is -2.30. The molecule has 1 amide bonds. The largest absolute Gasteiger partial charge is 0.378 e. The van der Waals surface area contributed by atoms with Crippen molar-refractivity contribution in [1.29, 1.82) is 5.26 Å². The van der Waals surface area contributed by atoms with Crippen LogP contribution in [0.4, 0.5) is 0 Å². The first-order valence-electron chi connectivity index (χ1n) is 7.25. The highest BCUT2D eigenvalue weighted by Gasteiger charge is 2.21. The Hall–Kier alpha value is -1.12. The van der Waals surface area contributed by atoms with Crippen molar-refractivity contribution in [2.75, 3.05) is 32.8 Å². The van der Waals surface area contributed by atoms with E-state index >= 15 is 0 Å². The van der Waals surface area contributed by atoms with Crippen LogP contribution >= 0.6 is 0 Å². The molecule has 0 unspecified atom stereocenters. The highest BCUT2D eigenvalue weighted by Crippen LogP contribution is 2.17. The van der Waals surface area contributed by atoms with Crippen LogP contribution in [0, 0.1) is 17.2 Å². The van der Waals surface area contributed by atoms with E-state index in [-0.39, 0.29) is 12.0 Å². The Balaban J connectivity index is 1.58. The second kappa shape index (κ2) is 7.46. The number of hydrogen-bond donors (Lipinski definition) is 1. The predicted octanol–water partition coefficient (Wildman–Crippen LogP) is 0.907. The molecule has 0 saturated carbocycles. The van der Waals surface area contributed by atoms with Gasteiger partial charge in [-0.05, 0) is 44.7 Å². The summed E-state index contributed by atoms with van der Waals surface area (Å²) < 4.78 is 5.46. The number of likely N-dealkylation sites (tertiary alicyclic amines) is 1. The molecular weight excluding hydrogens is 242 g/mol. The molecule has 0 aromatic rings. The molecule has 0 aromatic heterocycles. The number of hydrogen-bond acceptors (Lipinski definition) is 4. The van der Waals surface area contributed by atoms with Crippen molar-refractivity contribution in [2.24, 2.45) is 5.92 Å². The van der Waals surface area contributed by atoms with Crippen molar-refractivity contribution in [3.05, 3.63) is 0 Å². The molecule has 2 aliphatic rings. The van der Waals surface area contributed by atoms with E-state index in [1.54, 1.807) is 0 Å². The molecule has 0 bridgehead atoms. The number of amides is 1. The summed E-state index contributed by atoms with van der Waals surface area (Å²) in [6.07, 6.45) is 4.88. The Labute approximate surface area is 114 Å². The summed E-state index contributed by atoms with van der Waals surface area (Å²) in [6.45, 7) is 4.04. The minimum absolute atomic E-state index is 0.117. The van der Waals surface area contributed by atoms with Gasteiger partial charge in [0.15, 0.2) is 0 Å². The summed E-state index contributed by atoms with van der Waals surface area (Å²) >= 11 is 0. The van der Waals surface area contributed by atoms with E-state index in [4.69, 9.17) is 10.00 Å². The Morgan fingerprint density at radius 3 is 2.79 bits per heavy atom. The highest BCUT2D eigenvalue weighted by molar-refractivity contribution is 5.76. The van der Waals surface area contributed by atoms with Crippen LogP contribution in [-0.2, 0) is 9.53 Å². The third-order valence-corrected chi connectivity index (χ3v) is 4.03. The molecule has 1 atom stereocenters. The van der Waals surface area contributed by atoms with Crippen LogP contribution in [-0.4, -0.2) is 49.7 Å². The van der Waals surface area contributed by atoms with Gasteiger partial charge in [0.2, 0.25) is 5.91 Å².